The summed E-state index contributed by atoms with van der Waals surface area (Å²) in [6, 6.07) is 6.76. The Morgan fingerprint density at radius 3 is 2.55 bits per heavy atom. The Balaban J connectivity index is 2.26. The summed E-state index contributed by atoms with van der Waals surface area (Å²) in [5.74, 6) is -0.649. The van der Waals surface area contributed by atoms with Gasteiger partial charge in [0.1, 0.15) is 0 Å². The van der Waals surface area contributed by atoms with E-state index in [1.165, 1.54) is 4.90 Å². The lowest BCUT2D eigenvalue weighted by molar-refractivity contribution is 0.0828. The van der Waals surface area contributed by atoms with Gasteiger partial charge in [-0.25, -0.2) is 0 Å². The SMILES string of the molecule is CN(C)C(=O)c1ccccc1NC(=O)c1nnc(Cl)s1. The summed E-state index contributed by atoms with van der Waals surface area (Å²) in [5.41, 5.74) is 0.823. The van der Waals surface area contributed by atoms with Gasteiger partial charge >= 0.3 is 0 Å². The summed E-state index contributed by atoms with van der Waals surface area (Å²) < 4.78 is 0.188. The fourth-order valence-corrected chi connectivity index (χ4v) is 2.22. The van der Waals surface area contributed by atoms with Crippen molar-refractivity contribution in [1.82, 2.24) is 15.1 Å². The summed E-state index contributed by atoms with van der Waals surface area (Å²) >= 11 is 6.61. The van der Waals surface area contributed by atoms with Crippen molar-refractivity contribution >= 4 is 40.4 Å². The number of hydrogen-bond acceptors (Lipinski definition) is 5. The molecule has 0 spiro atoms. The second-order valence-corrected chi connectivity index (χ2v) is 5.62. The zero-order valence-electron chi connectivity index (χ0n) is 10.8. The zero-order valence-corrected chi connectivity index (χ0v) is 12.3. The molecule has 0 atom stereocenters. The Bertz CT molecular complexity index is 656. The Labute approximate surface area is 124 Å². The molecule has 0 bridgehead atoms. The molecule has 2 aromatic rings. The van der Waals surface area contributed by atoms with Crippen LogP contribution in [0.2, 0.25) is 4.47 Å². The number of carbonyl (C=O) groups is 2. The number of amides is 2. The van der Waals surface area contributed by atoms with Gasteiger partial charge in [-0.15, -0.1) is 10.2 Å². The summed E-state index contributed by atoms with van der Waals surface area (Å²) in [6.07, 6.45) is 0. The van der Waals surface area contributed by atoms with Crippen LogP contribution in [0.15, 0.2) is 24.3 Å². The van der Waals surface area contributed by atoms with Gasteiger partial charge in [-0.2, -0.15) is 0 Å². The van der Waals surface area contributed by atoms with E-state index in [-0.39, 0.29) is 15.4 Å². The predicted octanol–water partition coefficient (Wildman–Crippen LogP) is 2.15. The van der Waals surface area contributed by atoms with Crippen molar-refractivity contribution in [3.8, 4) is 0 Å². The molecular formula is C12H11ClN4O2S. The van der Waals surface area contributed by atoms with E-state index in [1.807, 2.05) is 0 Å². The molecule has 0 radical (unpaired) electrons. The highest BCUT2D eigenvalue weighted by Gasteiger charge is 2.17. The van der Waals surface area contributed by atoms with Crippen molar-refractivity contribution in [3.05, 3.63) is 39.3 Å². The molecule has 0 saturated heterocycles. The van der Waals surface area contributed by atoms with E-state index in [0.29, 0.717) is 11.3 Å². The third-order valence-electron chi connectivity index (χ3n) is 2.41. The normalized spacial score (nSPS) is 10.2. The maximum Gasteiger partial charge on any atom is 0.286 e. The first-order chi connectivity index (χ1) is 9.49. The molecule has 0 fully saturated rings. The molecule has 1 heterocycles. The summed E-state index contributed by atoms with van der Waals surface area (Å²) in [6.45, 7) is 0. The second kappa shape index (κ2) is 5.98. The molecule has 0 unspecified atom stereocenters. The van der Waals surface area contributed by atoms with Gasteiger partial charge in [-0.3, -0.25) is 9.59 Å². The number of benzene rings is 1. The number of anilines is 1. The molecular weight excluding hydrogens is 300 g/mol. The van der Waals surface area contributed by atoms with Crippen LogP contribution in [0, 0.1) is 0 Å². The maximum atomic E-state index is 12.0. The zero-order chi connectivity index (χ0) is 14.7. The molecule has 104 valence electrons. The molecule has 1 aromatic heterocycles. The highest BCUT2D eigenvalue weighted by atomic mass is 35.5. The lowest BCUT2D eigenvalue weighted by atomic mass is 10.1. The Kier molecular flexibility index (Phi) is 4.31. The van der Waals surface area contributed by atoms with Crippen molar-refractivity contribution in [1.29, 1.82) is 0 Å². The fraction of sp³-hybridized carbons (Fsp3) is 0.167. The average Bonchev–Trinajstić information content (AvgIpc) is 2.85. The number of halogens is 1. The van der Waals surface area contributed by atoms with Crippen molar-refractivity contribution < 1.29 is 9.59 Å². The van der Waals surface area contributed by atoms with Crippen molar-refractivity contribution in [2.45, 2.75) is 0 Å². The van der Waals surface area contributed by atoms with E-state index in [2.05, 4.69) is 15.5 Å². The molecule has 0 aliphatic heterocycles. The Hall–Kier alpha value is -1.99. The first-order valence-corrected chi connectivity index (χ1v) is 6.79. The number of para-hydroxylation sites is 1. The molecule has 20 heavy (non-hydrogen) atoms. The van der Waals surface area contributed by atoms with Crippen LogP contribution in [-0.2, 0) is 0 Å². The molecule has 0 saturated carbocycles. The van der Waals surface area contributed by atoms with Crippen LogP contribution in [0.25, 0.3) is 0 Å². The number of nitrogens with one attached hydrogen (secondary N) is 1. The minimum Gasteiger partial charge on any atom is -0.345 e. The van der Waals surface area contributed by atoms with Crippen LogP contribution in [0.1, 0.15) is 20.2 Å². The number of nitrogens with zero attached hydrogens (tertiary/aromatic N) is 3. The lowest BCUT2D eigenvalue weighted by Crippen LogP contribution is -2.24. The molecule has 2 amide bonds. The van der Waals surface area contributed by atoms with Crippen LogP contribution >= 0.6 is 22.9 Å². The number of carbonyl (C=O) groups excluding carboxylic acids is 2. The third kappa shape index (κ3) is 3.12. The predicted molar refractivity (Wildman–Crippen MR) is 77.3 cm³/mol. The fourth-order valence-electron chi connectivity index (χ4n) is 1.49. The van der Waals surface area contributed by atoms with E-state index in [4.69, 9.17) is 11.6 Å². The van der Waals surface area contributed by atoms with Crippen molar-refractivity contribution in [3.63, 3.8) is 0 Å². The minimum atomic E-state index is -0.451. The summed E-state index contributed by atoms with van der Waals surface area (Å²) in [7, 11) is 3.29. The van der Waals surface area contributed by atoms with Gasteiger partial charge in [0.05, 0.1) is 11.3 Å². The molecule has 1 N–H and O–H groups in total. The summed E-state index contributed by atoms with van der Waals surface area (Å²) in [4.78, 5) is 25.4. The lowest BCUT2D eigenvalue weighted by Gasteiger charge is -2.14. The maximum absolute atomic E-state index is 12.0. The number of hydrogen-bond donors (Lipinski definition) is 1. The minimum absolute atomic E-state index is 0.141. The number of rotatable bonds is 3. The van der Waals surface area contributed by atoms with Gasteiger partial charge in [-0.05, 0) is 23.7 Å². The highest BCUT2D eigenvalue weighted by molar-refractivity contribution is 7.17. The van der Waals surface area contributed by atoms with Crippen molar-refractivity contribution in [2.75, 3.05) is 19.4 Å². The highest BCUT2D eigenvalue weighted by Crippen LogP contribution is 2.20. The molecule has 0 aliphatic rings. The number of aromatic nitrogens is 2. The monoisotopic (exact) mass is 310 g/mol. The standard InChI is InChI=1S/C12H11ClN4O2S/c1-17(2)11(19)7-5-3-4-6-8(7)14-9(18)10-15-16-12(13)20-10/h3-6H,1-2H3,(H,14,18). The quantitative estimate of drug-likeness (QED) is 0.942. The van der Waals surface area contributed by atoms with Gasteiger partial charge in [-0.1, -0.05) is 23.5 Å². The van der Waals surface area contributed by atoms with Gasteiger partial charge < -0.3 is 10.2 Å². The van der Waals surface area contributed by atoms with E-state index in [0.717, 1.165) is 11.3 Å². The molecule has 0 aliphatic carbocycles. The Morgan fingerprint density at radius 1 is 1.25 bits per heavy atom. The van der Waals surface area contributed by atoms with Gasteiger partial charge in [0, 0.05) is 14.1 Å². The van der Waals surface area contributed by atoms with Crippen LogP contribution < -0.4 is 5.32 Å². The van der Waals surface area contributed by atoms with Gasteiger partial charge in [0.25, 0.3) is 11.8 Å². The smallest absolute Gasteiger partial charge is 0.286 e. The van der Waals surface area contributed by atoms with Crippen LogP contribution in [0.5, 0.6) is 0 Å². The van der Waals surface area contributed by atoms with Crippen LogP contribution in [0.3, 0.4) is 0 Å². The van der Waals surface area contributed by atoms with E-state index < -0.39 is 5.91 Å². The van der Waals surface area contributed by atoms with Gasteiger partial charge in [0.2, 0.25) is 9.47 Å². The largest absolute Gasteiger partial charge is 0.345 e. The molecule has 6 nitrogen and oxygen atoms in total. The summed E-state index contributed by atoms with van der Waals surface area (Å²) in [5, 5.41) is 9.99. The topological polar surface area (TPSA) is 75.2 Å². The van der Waals surface area contributed by atoms with Crippen LogP contribution in [0.4, 0.5) is 5.69 Å². The molecule has 2 rings (SSSR count). The van der Waals surface area contributed by atoms with E-state index >= 15 is 0 Å². The molecule has 1 aromatic carbocycles. The van der Waals surface area contributed by atoms with Crippen molar-refractivity contribution in [2.24, 2.45) is 0 Å². The van der Waals surface area contributed by atoms with E-state index in [9.17, 15) is 9.59 Å². The second-order valence-electron chi connectivity index (χ2n) is 4.06. The van der Waals surface area contributed by atoms with E-state index in [1.54, 1.807) is 38.4 Å². The molecule has 8 heteroatoms. The first kappa shape index (κ1) is 14.4. The first-order valence-electron chi connectivity index (χ1n) is 5.60. The van der Waals surface area contributed by atoms with Gasteiger partial charge in [0.15, 0.2) is 0 Å². The van der Waals surface area contributed by atoms with Crippen LogP contribution in [-0.4, -0.2) is 41.0 Å². The Morgan fingerprint density at radius 2 is 1.95 bits per heavy atom. The third-order valence-corrected chi connectivity index (χ3v) is 3.42. The average molecular weight is 311 g/mol.